The molecule has 0 atom stereocenters. The monoisotopic (exact) mass is 156 g/mol. The summed E-state index contributed by atoms with van der Waals surface area (Å²) in [6, 6.07) is 0. The van der Waals surface area contributed by atoms with Gasteiger partial charge in [0.2, 0.25) is 11.8 Å². The number of nitrogens with one attached hydrogen (secondary N) is 1. The maximum Gasteiger partial charge on any atom is 0.248 e. The summed E-state index contributed by atoms with van der Waals surface area (Å²) in [7, 11) is 1.51. The van der Waals surface area contributed by atoms with Gasteiger partial charge in [0.05, 0.1) is 12.1 Å². The van der Waals surface area contributed by atoms with Crippen molar-refractivity contribution >= 4 is 11.8 Å². The highest BCUT2D eigenvalue weighted by Crippen LogP contribution is 2.10. The molecule has 4 heteroatoms. The molecule has 2 amide bonds. The van der Waals surface area contributed by atoms with E-state index in [1.807, 2.05) is 0 Å². The number of carbonyl (C=O) groups is 2. The Kier molecular flexibility index (Phi) is 1.72. The molecule has 0 aromatic heterocycles. The molecule has 11 heavy (non-hydrogen) atoms. The molecule has 0 aromatic rings. The lowest BCUT2D eigenvalue weighted by atomic mass is 10.0. The molecule has 1 saturated heterocycles. The van der Waals surface area contributed by atoms with Gasteiger partial charge in [0.25, 0.3) is 0 Å². The Morgan fingerprint density at radius 1 is 1.45 bits per heavy atom. The van der Waals surface area contributed by atoms with Crippen LogP contribution in [0.5, 0.6) is 0 Å². The minimum absolute atomic E-state index is 0.172. The van der Waals surface area contributed by atoms with E-state index in [0.717, 1.165) is 4.90 Å². The first kappa shape index (κ1) is 8.20. The van der Waals surface area contributed by atoms with Crippen LogP contribution in [0.4, 0.5) is 0 Å². The van der Waals surface area contributed by atoms with Gasteiger partial charge < -0.3 is 0 Å². The predicted octanol–water partition coefficient (Wildman–Crippen LogP) is -0.647. The molecule has 1 fully saturated rings. The molecule has 62 valence electrons. The number of likely N-dealkylation sites (N-methyl/N-ethyl adjacent to an activating group) is 1. The zero-order valence-electron chi connectivity index (χ0n) is 6.97. The summed E-state index contributed by atoms with van der Waals surface area (Å²) in [5, 5.41) is 2.85. The topological polar surface area (TPSA) is 49.4 Å². The van der Waals surface area contributed by atoms with Crippen molar-refractivity contribution in [3.8, 4) is 0 Å². The highest BCUT2D eigenvalue weighted by atomic mass is 16.2. The van der Waals surface area contributed by atoms with Crippen LogP contribution in [0, 0.1) is 0 Å². The van der Waals surface area contributed by atoms with Crippen LogP contribution in [-0.4, -0.2) is 35.8 Å². The van der Waals surface area contributed by atoms with Gasteiger partial charge in [-0.05, 0) is 13.8 Å². The lowest BCUT2D eigenvalue weighted by Crippen LogP contribution is -2.62. The van der Waals surface area contributed by atoms with Gasteiger partial charge in [-0.25, -0.2) is 0 Å². The Morgan fingerprint density at radius 3 is 2.45 bits per heavy atom. The van der Waals surface area contributed by atoms with Crippen molar-refractivity contribution in [2.24, 2.45) is 0 Å². The molecule has 0 aromatic carbocycles. The number of hydrogen-bond acceptors (Lipinski definition) is 3. The van der Waals surface area contributed by atoms with Gasteiger partial charge in [0, 0.05) is 7.05 Å². The van der Waals surface area contributed by atoms with Crippen molar-refractivity contribution in [1.82, 2.24) is 10.2 Å². The number of nitrogens with zero attached hydrogens (tertiary/aromatic N) is 1. The smallest absolute Gasteiger partial charge is 0.248 e. The largest absolute Gasteiger partial charge is 0.295 e. The van der Waals surface area contributed by atoms with Gasteiger partial charge in [-0.15, -0.1) is 0 Å². The molecule has 1 aliphatic rings. The van der Waals surface area contributed by atoms with Crippen LogP contribution in [0.1, 0.15) is 13.8 Å². The highest BCUT2D eigenvalue weighted by Gasteiger charge is 2.37. The van der Waals surface area contributed by atoms with Crippen molar-refractivity contribution in [1.29, 1.82) is 0 Å². The first-order valence-electron chi connectivity index (χ1n) is 3.51. The SMILES string of the molecule is CN1C(=O)CNC(C)(C)C1=O. The fourth-order valence-corrected chi connectivity index (χ4v) is 1.02. The van der Waals surface area contributed by atoms with Crippen LogP contribution in [0.25, 0.3) is 0 Å². The third-order valence-electron chi connectivity index (χ3n) is 1.89. The van der Waals surface area contributed by atoms with E-state index in [2.05, 4.69) is 5.32 Å². The van der Waals surface area contributed by atoms with Crippen molar-refractivity contribution in [3.63, 3.8) is 0 Å². The Balaban J connectivity index is 2.84. The third kappa shape index (κ3) is 1.26. The van der Waals surface area contributed by atoms with E-state index in [9.17, 15) is 9.59 Å². The van der Waals surface area contributed by atoms with E-state index in [-0.39, 0.29) is 18.4 Å². The van der Waals surface area contributed by atoms with Crippen molar-refractivity contribution in [2.45, 2.75) is 19.4 Å². The zero-order valence-corrected chi connectivity index (χ0v) is 6.97. The number of imide groups is 1. The van der Waals surface area contributed by atoms with E-state index >= 15 is 0 Å². The lowest BCUT2D eigenvalue weighted by Gasteiger charge is -2.34. The maximum atomic E-state index is 11.3. The minimum Gasteiger partial charge on any atom is -0.295 e. The van der Waals surface area contributed by atoms with Crippen LogP contribution in [0.3, 0.4) is 0 Å². The molecule has 1 N–H and O–H groups in total. The van der Waals surface area contributed by atoms with Gasteiger partial charge in [-0.3, -0.25) is 19.8 Å². The summed E-state index contributed by atoms with van der Waals surface area (Å²) in [5.41, 5.74) is -0.595. The molecule has 0 unspecified atom stereocenters. The first-order chi connectivity index (χ1) is 4.95. The molecule has 1 rings (SSSR count). The molecule has 4 nitrogen and oxygen atoms in total. The van der Waals surface area contributed by atoms with E-state index < -0.39 is 5.54 Å². The Bertz CT molecular complexity index is 210. The van der Waals surface area contributed by atoms with Gasteiger partial charge in [-0.1, -0.05) is 0 Å². The summed E-state index contributed by atoms with van der Waals surface area (Å²) < 4.78 is 0. The predicted molar refractivity (Wildman–Crippen MR) is 39.9 cm³/mol. The van der Waals surface area contributed by atoms with E-state index in [1.54, 1.807) is 13.8 Å². The van der Waals surface area contributed by atoms with Gasteiger partial charge in [0.1, 0.15) is 0 Å². The minimum atomic E-state index is -0.595. The molecule has 1 heterocycles. The molecular formula is C7H12N2O2. The van der Waals surface area contributed by atoms with E-state index in [1.165, 1.54) is 7.05 Å². The second-order valence-electron chi connectivity index (χ2n) is 3.24. The Hall–Kier alpha value is -0.900. The lowest BCUT2D eigenvalue weighted by molar-refractivity contribution is -0.150. The first-order valence-corrected chi connectivity index (χ1v) is 3.51. The van der Waals surface area contributed by atoms with Crippen molar-refractivity contribution < 1.29 is 9.59 Å². The summed E-state index contributed by atoms with van der Waals surface area (Å²) in [4.78, 5) is 23.4. The molecule has 0 radical (unpaired) electrons. The third-order valence-corrected chi connectivity index (χ3v) is 1.89. The number of piperazine rings is 1. The average molecular weight is 156 g/mol. The second kappa shape index (κ2) is 2.30. The van der Waals surface area contributed by atoms with Crippen LogP contribution in [-0.2, 0) is 9.59 Å². The average Bonchev–Trinajstić information content (AvgIpc) is 1.95. The fraction of sp³-hybridized carbons (Fsp3) is 0.714. The summed E-state index contributed by atoms with van der Waals surface area (Å²) in [6.07, 6.45) is 0. The number of rotatable bonds is 0. The van der Waals surface area contributed by atoms with Crippen LogP contribution < -0.4 is 5.32 Å². The Morgan fingerprint density at radius 2 is 2.00 bits per heavy atom. The molecule has 0 bridgehead atoms. The van der Waals surface area contributed by atoms with Gasteiger partial charge in [-0.2, -0.15) is 0 Å². The van der Waals surface area contributed by atoms with Gasteiger partial charge >= 0.3 is 0 Å². The summed E-state index contributed by atoms with van der Waals surface area (Å²) in [6.45, 7) is 3.77. The molecule has 0 spiro atoms. The number of hydrogen-bond donors (Lipinski definition) is 1. The summed E-state index contributed by atoms with van der Waals surface area (Å²) >= 11 is 0. The quantitative estimate of drug-likeness (QED) is 0.474. The van der Waals surface area contributed by atoms with E-state index in [4.69, 9.17) is 0 Å². The van der Waals surface area contributed by atoms with E-state index in [0.29, 0.717) is 0 Å². The van der Waals surface area contributed by atoms with Crippen LogP contribution in [0.15, 0.2) is 0 Å². The van der Waals surface area contributed by atoms with Crippen LogP contribution in [0.2, 0.25) is 0 Å². The van der Waals surface area contributed by atoms with Crippen LogP contribution >= 0.6 is 0 Å². The molecular weight excluding hydrogens is 144 g/mol. The fourth-order valence-electron chi connectivity index (χ4n) is 1.02. The molecule has 1 aliphatic heterocycles. The standard InChI is InChI=1S/C7H12N2O2/c1-7(2)6(11)9(3)5(10)4-8-7/h8H,4H2,1-3H3. The maximum absolute atomic E-state index is 11.3. The zero-order chi connectivity index (χ0) is 8.65. The second-order valence-corrected chi connectivity index (χ2v) is 3.24. The normalized spacial score (nSPS) is 24.1. The van der Waals surface area contributed by atoms with Crippen molar-refractivity contribution in [2.75, 3.05) is 13.6 Å². The highest BCUT2D eigenvalue weighted by molar-refractivity contribution is 6.02. The molecule has 0 aliphatic carbocycles. The number of amides is 2. The summed E-state index contributed by atoms with van der Waals surface area (Å²) in [5.74, 6) is -0.344. The molecule has 0 saturated carbocycles. The van der Waals surface area contributed by atoms with Gasteiger partial charge in [0.15, 0.2) is 0 Å². The van der Waals surface area contributed by atoms with Crippen molar-refractivity contribution in [3.05, 3.63) is 0 Å². The Labute approximate surface area is 65.6 Å². The number of carbonyl (C=O) groups excluding carboxylic acids is 2.